The number of hydrogen-bond acceptors (Lipinski definition) is 6. The van der Waals surface area contributed by atoms with Crippen molar-refractivity contribution in [1.29, 1.82) is 0 Å². The highest BCUT2D eigenvalue weighted by molar-refractivity contribution is 7.46. The number of hydrogen-bond donors (Lipinski definition) is 4. The van der Waals surface area contributed by atoms with Crippen LogP contribution in [0.3, 0.4) is 0 Å². The van der Waals surface area contributed by atoms with Gasteiger partial charge in [0.25, 0.3) is 0 Å². The number of phosphoric acid groups is 1. The Bertz CT molecular complexity index is 889. The van der Waals surface area contributed by atoms with Crippen LogP contribution in [0.15, 0.2) is 23.8 Å². The third-order valence-electron chi connectivity index (χ3n) is 8.47. The summed E-state index contributed by atoms with van der Waals surface area (Å²) in [6.07, 6.45) is 6.76. The molecule has 9 heteroatoms. The van der Waals surface area contributed by atoms with Gasteiger partial charge in [0.1, 0.15) is 12.2 Å². The fraction of sp³-hybridized carbons (Fsp3) is 0.714. The molecule has 0 aromatic heterocycles. The van der Waals surface area contributed by atoms with E-state index in [9.17, 15) is 24.4 Å². The first-order valence-electron chi connectivity index (χ1n) is 10.4. The smallest absolute Gasteiger partial charge is 0.393 e. The summed E-state index contributed by atoms with van der Waals surface area (Å²) in [6.45, 7) is 2.97. The molecule has 3 fully saturated rings. The summed E-state index contributed by atoms with van der Waals surface area (Å²) in [4.78, 5) is 42.5. The van der Waals surface area contributed by atoms with Crippen LogP contribution < -0.4 is 0 Å². The zero-order chi connectivity index (χ0) is 22.1. The zero-order valence-corrected chi connectivity index (χ0v) is 18.0. The fourth-order valence-electron chi connectivity index (χ4n) is 7.05. The highest BCUT2D eigenvalue weighted by Crippen LogP contribution is 2.67. The summed E-state index contributed by atoms with van der Waals surface area (Å²) in [7, 11) is -4.84. The van der Waals surface area contributed by atoms with Gasteiger partial charge in [-0.15, -0.1) is 0 Å². The predicted molar refractivity (Wildman–Crippen MR) is 106 cm³/mol. The molecule has 0 aromatic carbocycles. The minimum Gasteiger partial charge on any atom is -0.393 e. The van der Waals surface area contributed by atoms with E-state index in [0.29, 0.717) is 6.42 Å². The first-order valence-corrected chi connectivity index (χ1v) is 11.9. The van der Waals surface area contributed by atoms with Crippen LogP contribution >= 0.6 is 7.82 Å². The van der Waals surface area contributed by atoms with Crippen LogP contribution in [0.1, 0.15) is 46.0 Å². The Morgan fingerprint density at radius 3 is 2.67 bits per heavy atom. The van der Waals surface area contributed by atoms with Gasteiger partial charge in [-0.2, -0.15) is 0 Å². The summed E-state index contributed by atoms with van der Waals surface area (Å²) >= 11 is 0. The van der Waals surface area contributed by atoms with E-state index in [1.807, 2.05) is 13.0 Å². The molecule has 8 nitrogen and oxygen atoms in total. The standard InChI is InChI=1S/C21H29O8P/c1-19-7-5-13(22)9-12(19)3-4-14-15-6-8-21(25,17(24)11-29-30(26,27)28)20(15,2)10-16(23)18(14)19/h5,7,9,14-16,18,23,25H,3-4,6,8,10-11H2,1-2H3,(H2,26,27,28)/t14-,15-,16+,18+,19-,20-,21-/m0/s1. The lowest BCUT2D eigenvalue weighted by molar-refractivity contribution is -0.178. The number of carbonyl (C=O) groups is 2. The molecule has 0 radical (unpaired) electrons. The monoisotopic (exact) mass is 440 g/mol. The highest BCUT2D eigenvalue weighted by Gasteiger charge is 2.68. The van der Waals surface area contributed by atoms with Crippen LogP contribution in [0.5, 0.6) is 0 Å². The Labute approximate surface area is 175 Å². The van der Waals surface area contributed by atoms with Gasteiger partial charge in [-0.1, -0.05) is 25.5 Å². The van der Waals surface area contributed by atoms with Gasteiger partial charge < -0.3 is 20.0 Å². The molecular weight excluding hydrogens is 411 g/mol. The second kappa shape index (κ2) is 6.92. The lowest BCUT2D eigenvalue weighted by Gasteiger charge is -2.59. The number of ketones is 2. The van der Waals surface area contributed by atoms with Crippen molar-refractivity contribution in [2.75, 3.05) is 6.61 Å². The van der Waals surface area contributed by atoms with E-state index in [-0.39, 0.29) is 36.4 Å². The minimum atomic E-state index is -4.84. The van der Waals surface area contributed by atoms with E-state index in [2.05, 4.69) is 4.52 Å². The van der Waals surface area contributed by atoms with Gasteiger partial charge in [0, 0.05) is 16.7 Å². The van der Waals surface area contributed by atoms with Crippen molar-refractivity contribution in [2.24, 2.45) is 28.6 Å². The number of carbonyl (C=O) groups excluding carboxylic acids is 2. The van der Waals surface area contributed by atoms with Crippen LogP contribution in [0.2, 0.25) is 0 Å². The van der Waals surface area contributed by atoms with E-state index in [1.165, 1.54) is 0 Å². The molecule has 0 aromatic rings. The number of phosphoric ester groups is 1. The molecule has 7 atom stereocenters. The first-order chi connectivity index (χ1) is 13.8. The highest BCUT2D eigenvalue weighted by atomic mass is 31.2. The van der Waals surface area contributed by atoms with Crippen molar-refractivity contribution in [3.05, 3.63) is 23.8 Å². The van der Waals surface area contributed by atoms with E-state index in [1.54, 1.807) is 19.1 Å². The average molecular weight is 440 g/mol. The van der Waals surface area contributed by atoms with Crippen molar-refractivity contribution in [2.45, 2.75) is 57.7 Å². The Balaban J connectivity index is 1.65. The first kappa shape index (κ1) is 22.1. The van der Waals surface area contributed by atoms with Crippen LogP contribution in [0.4, 0.5) is 0 Å². The Morgan fingerprint density at radius 1 is 1.30 bits per heavy atom. The Hall–Kier alpha value is -1.15. The zero-order valence-electron chi connectivity index (χ0n) is 17.2. The van der Waals surface area contributed by atoms with Crippen molar-refractivity contribution >= 4 is 19.4 Å². The lowest BCUT2D eigenvalue weighted by atomic mass is 9.46. The van der Waals surface area contributed by atoms with Crippen LogP contribution in [-0.4, -0.2) is 49.9 Å². The Kier molecular flexibility index (Phi) is 5.09. The van der Waals surface area contributed by atoms with Gasteiger partial charge in [-0.3, -0.25) is 14.1 Å². The maximum atomic E-state index is 12.8. The number of aliphatic hydroxyl groups excluding tert-OH is 1. The molecular formula is C21H29O8P. The summed E-state index contributed by atoms with van der Waals surface area (Å²) in [5, 5.41) is 22.6. The van der Waals surface area contributed by atoms with Gasteiger partial charge in [-0.25, -0.2) is 4.57 Å². The molecule has 0 unspecified atom stereocenters. The largest absolute Gasteiger partial charge is 0.470 e. The maximum absolute atomic E-state index is 12.8. The van der Waals surface area contributed by atoms with E-state index in [4.69, 9.17) is 9.79 Å². The quantitative estimate of drug-likeness (QED) is 0.484. The number of allylic oxidation sites excluding steroid dienone is 4. The van der Waals surface area contributed by atoms with E-state index in [0.717, 1.165) is 18.4 Å². The van der Waals surface area contributed by atoms with Crippen LogP contribution in [0.25, 0.3) is 0 Å². The normalized spacial score (nSPS) is 45.4. The minimum absolute atomic E-state index is 0.0284. The molecule has 4 N–H and O–H groups in total. The summed E-state index contributed by atoms with van der Waals surface area (Å²) in [6, 6.07) is 0. The third-order valence-corrected chi connectivity index (χ3v) is 8.94. The summed E-state index contributed by atoms with van der Waals surface area (Å²) in [5.41, 5.74) is -2.15. The van der Waals surface area contributed by atoms with Gasteiger partial charge in [0.05, 0.1) is 6.10 Å². The molecule has 30 heavy (non-hydrogen) atoms. The second-order valence-corrected chi connectivity index (χ2v) is 11.0. The number of fused-ring (bicyclic) bond motifs is 5. The van der Waals surface area contributed by atoms with Gasteiger partial charge in [-0.05, 0) is 56.1 Å². The second-order valence-electron chi connectivity index (χ2n) is 9.80. The summed E-state index contributed by atoms with van der Waals surface area (Å²) in [5.74, 6) is -0.888. The number of rotatable bonds is 4. The van der Waals surface area contributed by atoms with Gasteiger partial charge in [0.2, 0.25) is 0 Å². The number of aliphatic hydroxyl groups is 2. The molecule has 0 bridgehead atoms. The molecule has 4 aliphatic rings. The van der Waals surface area contributed by atoms with Crippen molar-refractivity contribution in [3.63, 3.8) is 0 Å². The molecule has 0 spiro atoms. The van der Waals surface area contributed by atoms with Crippen LogP contribution in [-0.2, 0) is 18.7 Å². The molecule has 166 valence electrons. The number of Topliss-reactive ketones (excluding diaryl/α,β-unsaturated/α-hetero) is 1. The molecule has 0 amide bonds. The van der Waals surface area contributed by atoms with Crippen molar-refractivity contribution in [3.8, 4) is 0 Å². The van der Waals surface area contributed by atoms with Crippen molar-refractivity contribution in [1.82, 2.24) is 0 Å². The van der Waals surface area contributed by atoms with Crippen LogP contribution in [0, 0.1) is 28.6 Å². The van der Waals surface area contributed by atoms with Gasteiger partial charge >= 0.3 is 7.82 Å². The summed E-state index contributed by atoms with van der Waals surface area (Å²) < 4.78 is 15.4. The van der Waals surface area contributed by atoms with E-state index >= 15 is 0 Å². The molecule has 0 heterocycles. The predicted octanol–water partition coefficient (Wildman–Crippen LogP) is 1.67. The molecule has 4 rings (SSSR count). The topological polar surface area (TPSA) is 141 Å². The van der Waals surface area contributed by atoms with E-state index < -0.39 is 42.7 Å². The maximum Gasteiger partial charge on any atom is 0.470 e. The fourth-order valence-corrected chi connectivity index (χ4v) is 7.34. The molecule has 4 aliphatic carbocycles. The molecule has 3 saturated carbocycles. The van der Waals surface area contributed by atoms with Crippen molar-refractivity contribution < 1.29 is 38.7 Å². The molecule has 0 saturated heterocycles. The lowest BCUT2D eigenvalue weighted by Crippen LogP contribution is -2.61. The third kappa shape index (κ3) is 3.12. The average Bonchev–Trinajstić information content (AvgIpc) is 2.91. The molecule has 0 aliphatic heterocycles. The Morgan fingerprint density at radius 2 is 2.00 bits per heavy atom. The SMILES string of the molecule is C[C@]12C=CC(=O)C=C1CC[C@@H]1[C@@H]2[C@H](O)C[C@@]2(C)[C@H]1CC[C@]2(O)C(=O)COP(=O)(O)O. The van der Waals surface area contributed by atoms with Gasteiger partial charge in [0.15, 0.2) is 11.6 Å².